The third-order valence-corrected chi connectivity index (χ3v) is 3.04. The zero-order chi connectivity index (χ0) is 13.5. The van der Waals surface area contributed by atoms with Gasteiger partial charge in [0.05, 0.1) is 6.61 Å². The maximum Gasteiger partial charge on any atom is 0.330 e. The van der Waals surface area contributed by atoms with Crippen LogP contribution in [0.2, 0.25) is 0 Å². The highest BCUT2D eigenvalue weighted by molar-refractivity contribution is 5.00. The van der Waals surface area contributed by atoms with Gasteiger partial charge in [0.1, 0.15) is 17.8 Å². The molecule has 1 saturated heterocycles. The molecule has 1 unspecified atom stereocenters. The highest BCUT2D eigenvalue weighted by Gasteiger charge is 2.53. The van der Waals surface area contributed by atoms with Gasteiger partial charge in [-0.25, -0.2) is 4.79 Å². The highest BCUT2D eigenvalue weighted by atomic mass is 16.6. The Morgan fingerprint density at radius 2 is 1.95 bits per heavy atom. The number of aromatic amines is 1. The number of hydrogen-bond donors (Lipinski definition) is 4. The van der Waals surface area contributed by atoms with E-state index in [9.17, 15) is 19.8 Å². The van der Waals surface area contributed by atoms with E-state index < -0.39 is 41.9 Å². The number of aliphatic hydroxyl groups is 3. The van der Waals surface area contributed by atoms with Gasteiger partial charge in [-0.05, 0) is 6.92 Å². The van der Waals surface area contributed by atoms with Gasteiger partial charge in [0.25, 0.3) is 5.56 Å². The molecule has 1 aromatic heterocycles. The largest absolute Gasteiger partial charge is 0.394 e. The van der Waals surface area contributed by atoms with Gasteiger partial charge in [-0.2, -0.15) is 0 Å². The molecule has 2 heterocycles. The predicted molar refractivity (Wildman–Crippen MR) is 79.1 cm³/mol. The fourth-order valence-corrected chi connectivity index (χ4v) is 2.00. The normalized spacial score (nSPS) is 30.8. The van der Waals surface area contributed by atoms with Gasteiger partial charge in [0.2, 0.25) is 0 Å². The first-order valence-corrected chi connectivity index (χ1v) is 5.36. The fraction of sp³-hybridized carbons (Fsp3) is 0.692. The molecule has 124 valence electrons. The molecule has 1 aromatic rings. The summed E-state index contributed by atoms with van der Waals surface area (Å²) in [6.45, 7) is 0.793. The number of H-pyrrole nitrogens is 1. The molecule has 4 N–H and O–H groups in total. The van der Waals surface area contributed by atoms with Crippen LogP contribution in [0, 0.1) is 0 Å². The van der Waals surface area contributed by atoms with Crippen molar-refractivity contribution in [1.82, 2.24) is 9.55 Å². The maximum atomic E-state index is 11.6. The number of nitrogens with one attached hydrogen (secondary N) is 1. The molecular weight excluding hydrogens is 280 g/mol. The van der Waals surface area contributed by atoms with Crippen molar-refractivity contribution in [2.75, 3.05) is 6.61 Å². The summed E-state index contributed by atoms with van der Waals surface area (Å²) in [6, 6.07) is 1.10. The van der Waals surface area contributed by atoms with Gasteiger partial charge in [-0.15, -0.1) is 0 Å². The molecule has 0 bridgehead atoms. The Kier molecular flexibility index (Phi) is 7.80. The molecule has 4 atom stereocenters. The van der Waals surface area contributed by atoms with E-state index in [1.165, 1.54) is 6.92 Å². The van der Waals surface area contributed by atoms with Crippen LogP contribution < -0.4 is 11.2 Å². The van der Waals surface area contributed by atoms with Crippen molar-refractivity contribution in [3.05, 3.63) is 33.1 Å². The van der Waals surface area contributed by atoms with E-state index >= 15 is 0 Å². The molecule has 0 amide bonds. The number of aliphatic hydroxyl groups excluding tert-OH is 2. The van der Waals surface area contributed by atoms with E-state index in [-0.39, 0.29) is 22.3 Å². The van der Waals surface area contributed by atoms with Gasteiger partial charge in [-0.3, -0.25) is 14.3 Å². The summed E-state index contributed by atoms with van der Waals surface area (Å²) in [6.07, 6.45) is -2.36. The van der Waals surface area contributed by atoms with Crippen LogP contribution in [-0.4, -0.2) is 49.3 Å². The molecule has 1 aliphatic rings. The van der Waals surface area contributed by atoms with E-state index in [2.05, 4.69) is 0 Å². The van der Waals surface area contributed by atoms with E-state index in [1.807, 2.05) is 4.98 Å². The van der Waals surface area contributed by atoms with Crippen LogP contribution in [0.25, 0.3) is 0 Å². The lowest BCUT2D eigenvalue weighted by Crippen LogP contribution is -2.46. The first-order valence-electron chi connectivity index (χ1n) is 5.36. The Labute approximate surface area is 123 Å². The third kappa shape index (κ3) is 3.59. The summed E-state index contributed by atoms with van der Waals surface area (Å²) in [5.74, 6) is 0. The smallest absolute Gasteiger partial charge is 0.330 e. The van der Waals surface area contributed by atoms with Gasteiger partial charge >= 0.3 is 5.69 Å². The van der Waals surface area contributed by atoms with Crippen LogP contribution in [0.15, 0.2) is 21.9 Å². The second-order valence-corrected chi connectivity index (χ2v) is 4.40. The minimum Gasteiger partial charge on any atom is -0.394 e. The molecular formula is C13H26N2O6. The van der Waals surface area contributed by atoms with Crippen molar-refractivity contribution in [3.8, 4) is 0 Å². The molecule has 0 spiro atoms. The van der Waals surface area contributed by atoms with E-state index in [0.29, 0.717) is 0 Å². The van der Waals surface area contributed by atoms with Crippen molar-refractivity contribution < 1.29 is 20.1 Å². The summed E-state index contributed by atoms with van der Waals surface area (Å²) in [4.78, 5) is 24.5. The fourth-order valence-electron chi connectivity index (χ4n) is 2.00. The van der Waals surface area contributed by atoms with Crippen LogP contribution in [0.3, 0.4) is 0 Å². The lowest BCUT2D eigenvalue weighted by molar-refractivity contribution is -0.0987. The summed E-state index contributed by atoms with van der Waals surface area (Å²) in [5, 5.41) is 28.9. The minimum atomic E-state index is -1.75. The van der Waals surface area contributed by atoms with E-state index in [0.717, 1.165) is 16.8 Å². The summed E-state index contributed by atoms with van der Waals surface area (Å²) in [5.41, 5.74) is -3.10. The average molecular weight is 306 g/mol. The van der Waals surface area contributed by atoms with Gasteiger partial charge in [0.15, 0.2) is 6.23 Å². The van der Waals surface area contributed by atoms with Gasteiger partial charge < -0.3 is 20.1 Å². The highest BCUT2D eigenvalue weighted by Crippen LogP contribution is 2.36. The Morgan fingerprint density at radius 1 is 1.38 bits per heavy atom. The number of nitrogens with zero attached hydrogens (tertiary/aromatic N) is 1. The Balaban J connectivity index is 0. The molecule has 8 heteroatoms. The Hall–Kier alpha value is -1.48. The van der Waals surface area contributed by atoms with Crippen molar-refractivity contribution in [3.63, 3.8) is 0 Å². The van der Waals surface area contributed by atoms with E-state index in [1.54, 1.807) is 0 Å². The minimum absolute atomic E-state index is 0. The SMILES string of the molecule is C.C.C.CC1(O)[C@@H](O)[C@@H](CO)O[C@H]1n1ccc(=O)[nH]c1=O. The quantitative estimate of drug-likeness (QED) is 0.581. The zero-order valence-electron chi connectivity index (χ0n) is 9.61. The zero-order valence-corrected chi connectivity index (χ0v) is 9.61. The van der Waals surface area contributed by atoms with Crippen molar-refractivity contribution >= 4 is 0 Å². The monoisotopic (exact) mass is 306 g/mol. The average Bonchev–Trinajstić information content (AvgIpc) is 2.52. The molecule has 8 nitrogen and oxygen atoms in total. The summed E-state index contributed by atoms with van der Waals surface area (Å²) in [7, 11) is 0. The molecule has 0 saturated carbocycles. The molecule has 1 aliphatic heterocycles. The van der Waals surface area contributed by atoms with Crippen molar-refractivity contribution in [1.29, 1.82) is 0 Å². The van der Waals surface area contributed by atoms with Crippen molar-refractivity contribution in [2.24, 2.45) is 0 Å². The Morgan fingerprint density at radius 3 is 2.38 bits per heavy atom. The maximum absolute atomic E-state index is 11.6. The van der Waals surface area contributed by atoms with Crippen LogP contribution in [-0.2, 0) is 4.74 Å². The standard InChI is InChI=1S/C10H14N2O6.3CH4/c1-10(17)7(15)5(4-13)18-8(10)12-3-2-6(14)11-9(12)16;;;/h2-3,5,7-8,13,15,17H,4H2,1H3,(H,11,14,16);3*1H4/t5-,7+,8-,10?;;;/m1.../s1. The number of ether oxygens (including phenoxy) is 1. The molecule has 1 fully saturated rings. The van der Waals surface area contributed by atoms with Crippen LogP contribution >= 0.6 is 0 Å². The molecule has 2 rings (SSSR count). The molecule has 0 aromatic carbocycles. The first-order chi connectivity index (χ1) is 8.37. The molecule has 0 radical (unpaired) electrons. The topological polar surface area (TPSA) is 125 Å². The van der Waals surface area contributed by atoms with Crippen LogP contribution in [0.5, 0.6) is 0 Å². The third-order valence-electron chi connectivity index (χ3n) is 3.04. The number of rotatable bonds is 2. The van der Waals surface area contributed by atoms with E-state index in [4.69, 9.17) is 9.84 Å². The lowest BCUT2D eigenvalue weighted by atomic mass is 9.96. The lowest BCUT2D eigenvalue weighted by Gasteiger charge is -2.27. The summed E-state index contributed by atoms with van der Waals surface area (Å²) >= 11 is 0. The van der Waals surface area contributed by atoms with Crippen LogP contribution in [0.1, 0.15) is 35.4 Å². The predicted octanol–water partition coefficient (Wildman–Crippen LogP) is -0.553. The number of hydrogen-bond acceptors (Lipinski definition) is 6. The second-order valence-electron chi connectivity index (χ2n) is 4.40. The second kappa shape index (κ2) is 7.51. The summed E-state index contributed by atoms with van der Waals surface area (Å²) < 4.78 is 6.19. The van der Waals surface area contributed by atoms with Crippen LogP contribution in [0.4, 0.5) is 0 Å². The number of aromatic nitrogens is 2. The van der Waals surface area contributed by atoms with Gasteiger partial charge in [0, 0.05) is 12.3 Å². The first kappa shape index (κ1) is 21.8. The van der Waals surface area contributed by atoms with Crippen molar-refractivity contribution in [2.45, 2.75) is 53.2 Å². The molecule has 21 heavy (non-hydrogen) atoms. The Bertz CT molecular complexity index is 550. The molecule has 0 aliphatic carbocycles. The van der Waals surface area contributed by atoms with Gasteiger partial charge in [-0.1, -0.05) is 22.3 Å².